The van der Waals surface area contributed by atoms with Crippen molar-refractivity contribution in [2.24, 2.45) is 5.41 Å². The van der Waals surface area contributed by atoms with Crippen molar-refractivity contribution >= 4 is 0 Å². The molecule has 0 aromatic heterocycles. The van der Waals surface area contributed by atoms with Gasteiger partial charge in [-0.05, 0) is 61.8 Å². The second kappa shape index (κ2) is 8.80. The van der Waals surface area contributed by atoms with E-state index in [9.17, 15) is 5.11 Å². The molecule has 140 valence electrons. The van der Waals surface area contributed by atoms with Crippen molar-refractivity contribution in [1.82, 2.24) is 0 Å². The van der Waals surface area contributed by atoms with Crippen LogP contribution in [0.1, 0.15) is 75.2 Å². The van der Waals surface area contributed by atoms with Gasteiger partial charge < -0.3 is 19.3 Å². The lowest BCUT2D eigenvalue weighted by molar-refractivity contribution is -0.164. The molecule has 1 N–H and O–H groups in total. The topological polar surface area (TPSA) is 47.9 Å². The Balaban J connectivity index is 5.00. The molecular weight excluding hydrogens is 292 g/mol. The van der Waals surface area contributed by atoms with E-state index >= 15 is 0 Å². The summed E-state index contributed by atoms with van der Waals surface area (Å²) < 4.78 is 18.0. The highest BCUT2D eigenvalue weighted by Gasteiger charge is 2.36. The van der Waals surface area contributed by atoms with Gasteiger partial charge in [0, 0.05) is 0 Å². The Morgan fingerprint density at radius 1 is 0.696 bits per heavy atom. The first kappa shape index (κ1) is 22.8. The number of aliphatic hydroxyl groups is 1. The van der Waals surface area contributed by atoms with E-state index < -0.39 is 5.41 Å². The zero-order valence-electron chi connectivity index (χ0n) is 16.9. The van der Waals surface area contributed by atoms with E-state index in [-0.39, 0.29) is 23.4 Å². The van der Waals surface area contributed by atoms with Gasteiger partial charge in [0.1, 0.15) is 0 Å². The van der Waals surface area contributed by atoms with Crippen LogP contribution in [0.5, 0.6) is 0 Å². The molecule has 0 aromatic carbocycles. The van der Waals surface area contributed by atoms with E-state index in [1.54, 1.807) is 0 Å². The number of hydrogen-bond donors (Lipinski definition) is 1. The average Bonchev–Trinajstić information content (AvgIpc) is 2.36. The molecule has 0 saturated heterocycles. The number of aliphatic hydroxyl groups excluding tert-OH is 1. The molecule has 0 aromatic rings. The first-order valence-corrected chi connectivity index (χ1v) is 8.77. The van der Waals surface area contributed by atoms with Gasteiger partial charge in [0.25, 0.3) is 0 Å². The van der Waals surface area contributed by atoms with Crippen molar-refractivity contribution in [2.45, 2.75) is 92.0 Å². The van der Waals surface area contributed by atoms with E-state index in [1.165, 1.54) is 0 Å². The van der Waals surface area contributed by atoms with E-state index in [1.807, 2.05) is 41.5 Å². The van der Waals surface area contributed by atoms with Crippen LogP contribution >= 0.6 is 0 Å². The molecule has 0 bridgehead atoms. The summed E-state index contributed by atoms with van der Waals surface area (Å²) in [6.07, 6.45) is 2.05. The molecule has 0 rings (SSSR count). The van der Waals surface area contributed by atoms with Gasteiger partial charge in [-0.15, -0.1) is 0 Å². The molecule has 0 amide bonds. The van der Waals surface area contributed by atoms with Gasteiger partial charge in [-0.3, -0.25) is 0 Å². The maximum absolute atomic E-state index is 10.1. The van der Waals surface area contributed by atoms with Crippen molar-refractivity contribution in [3.8, 4) is 0 Å². The maximum Gasteiger partial charge on any atom is 0.0636 e. The Kier molecular flexibility index (Phi) is 8.73. The van der Waals surface area contributed by atoms with Crippen molar-refractivity contribution < 1.29 is 19.3 Å². The van der Waals surface area contributed by atoms with Gasteiger partial charge in [0.2, 0.25) is 0 Å². The highest BCUT2D eigenvalue weighted by Crippen LogP contribution is 2.27. The van der Waals surface area contributed by atoms with Crippen molar-refractivity contribution in [1.29, 1.82) is 0 Å². The Morgan fingerprint density at radius 3 is 1.39 bits per heavy atom. The third-order valence-corrected chi connectivity index (χ3v) is 3.58. The Bertz CT molecular complexity index is 305. The minimum atomic E-state index is -0.550. The first-order chi connectivity index (χ1) is 10.2. The lowest BCUT2D eigenvalue weighted by Gasteiger charge is -2.38. The number of hydrogen-bond acceptors (Lipinski definition) is 4. The predicted octanol–water partition coefficient (Wildman–Crippen LogP) is 4.19. The van der Waals surface area contributed by atoms with Crippen LogP contribution in [0, 0.1) is 5.41 Å². The fraction of sp³-hybridized carbons (Fsp3) is 1.00. The van der Waals surface area contributed by atoms with Crippen LogP contribution in [-0.4, -0.2) is 48.3 Å². The molecule has 0 unspecified atom stereocenters. The van der Waals surface area contributed by atoms with E-state index in [0.29, 0.717) is 19.8 Å². The summed E-state index contributed by atoms with van der Waals surface area (Å²) >= 11 is 0. The second-order valence-corrected chi connectivity index (χ2v) is 9.26. The van der Waals surface area contributed by atoms with Gasteiger partial charge >= 0.3 is 0 Å². The van der Waals surface area contributed by atoms with E-state index in [2.05, 4.69) is 20.8 Å². The van der Waals surface area contributed by atoms with Gasteiger partial charge in [-0.25, -0.2) is 0 Å². The van der Waals surface area contributed by atoms with Crippen LogP contribution in [-0.2, 0) is 14.2 Å². The van der Waals surface area contributed by atoms with Gasteiger partial charge in [-0.2, -0.15) is 0 Å². The summed E-state index contributed by atoms with van der Waals surface area (Å²) in [6, 6.07) is 0. The van der Waals surface area contributed by atoms with Crippen LogP contribution in [0.15, 0.2) is 0 Å². The SMILES string of the molecule is CCCC(C)(C)OCC(CO)(COC(C)(C)C)COC(C)(C)C. The summed E-state index contributed by atoms with van der Waals surface area (Å²) in [4.78, 5) is 0. The normalized spacial score (nSPS) is 14.3. The minimum absolute atomic E-state index is 0.0264. The second-order valence-electron chi connectivity index (χ2n) is 9.26. The molecule has 4 nitrogen and oxygen atoms in total. The molecule has 0 saturated carbocycles. The molecule has 23 heavy (non-hydrogen) atoms. The zero-order valence-corrected chi connectivity index (χ0v) is 16.9. The first-order valence-electron chi connectivity index (χ1n) is 8.77. The minimum Gasteiger partial charge on any atom is -0.396 e. The third-order valence-electron chi connectivity index (χ3n) is 3.58. The number of rotatable bonds is 10. The lowest BCUT2D eigenvalue weighted by atomic mass is 9.90. The molecule has 0 aliphatic carbocycles. The Labute approximate surface area is 143 Å². The molecule has 0 aliphatic rings. The molecule has 0 spiro atoms. The summed E-state index contributed by atoms with van der Waals surface area (Å²) in [6.45, 7) is 19.6. The summed E-state index contributed by atoms with van der Waals surface area (Å²) in [5.74, 6) is 0. The van der Waals surface area contributed by atoms with Crippen LogP contribution in [0.4, 0.5) is 0 Å². The molecule has 0 aliphatic heterocycles. The predicted molar refractivity (Wildman–Crippen MR) is 95.9 cm³/mol. The van der Waals surface area contributed by atoms with E-state index in [0.717, 1.165) is 12.8 Å². The summed E-state index contributed by atoms with van der Waals surface area (Å²) in [7, 11) is 0. The van der Waals surface area contributed by atoms with Crippen LogP contribution in [0.25, 0.3) is 0 Å². The molecule has 0 atom stereocenters. The van der Waals surface area contributed by atoms with Crippen molar-refractivity contribution in [3.63, 3.8) is 0 Å². The molecule has 0 fully saturated rings. The molecule has 0 heterocycles. The van der Waals surface area contributed by atoms with Gasteiger partial charge in [-0.1, -0.05) is 13.3 Å². The maximum atomic E-state index is 10.1. The fourth-order valence-corrected chi connectivity index (χ4v) is 2.02. The van der Waals surface area contributed by atoms with Crippen molar-refractivity contribution in [2.75, 3.05) is 26.4 Å². The lowest BCUT2D eigenvalue weighted by Crippen LogP contribution is -2.46. The summed E-state index contributed by atoms with van der Waals surface area (Å²) in [5.41, 5.74) is -1.29. The molecular formula is C19H40O4. The molecule has 0 radical (unpaired) electrons. The Hall–Kier alpha value is -0.160. The monoisotopic (exact) mass is 332 g/mol. The Morgan fingerprint density at radius 2 is 1.09 bits per heavy atom. The number of ether oxygens (including phenoxy) is 3. The smallest absolute Gasteiger partial charge is 0.0636 e. The highest BCUT2D eigenvalue weighted by molar-refractivity contribution is 4.83. The largest absolute Gasteiger partial charge is 0.396 e. The van der Waals surface area contributed by atoms with Crippen molar-refractivity contribution in [3.05, 3.63) is 0 Å². The van der Waals surface area contributed by atoms with Crippen LogP contribution in [0.3, 0.4) is 0 Å². The quantitative estimate of drug-likeness (QED) is 0.651. The highest BCUT2D eigenvalue weighted by atomic mass is 16.5. The average molecular weight is 333 g/mol. The standard InChI is InChI=1S/C19H40O4/c1-10-11-18(8,9)23-15-19(12-20,13-21-16(2,3)4)14-22-17(5,6)7/h20H,10-15H2,1-9H3. The van der Waals surface area contributed by atoms with Crippen LogP contribution < -0.4 is 0 Å². The fourth-order valence-electron chi connectivity index (χ4n) is 2.02. The molecule has 4 heteroatoms. The third kappa shape index (κ3) is 11.1. The van der Waals surface area contributed by atoms with E-state index in [4.69, 9.17) is 14.2 Å². The zero-order chi connectivity index (χ0) is 18.4. The van der Waals surface area contributed by atoms with Crippen LogP contribution in [0.2, 0.25) is 0 Å². The van der Waals surface area contributed by atoms with Gasteiger partial charge in [0.05, 0.1) is 48.6 Å². The van der Waals surface area contributed by atoms with Gasteiger partial charge in [0.15, 0.2) is 0 Å². The summed E-state index contributed by atoms with van der Waals surface area (Å²) in [5, 5.41) is 10.1.